The number of allylic oxidation sites excluding steroid dienone is 4. The van der Waals surface area contributed by atoms with E-state index in [-0.39, 0.29) is 18.0 Å². The number of ketones is 2. The van der Waals surface area contributed by atoms with Crippen molar-refractivity contribution in [3.8, 4) is 0 Å². The Balaban J connectivity index is 1.79. The Bertz CT molecular complexity index is 1020. The minimum absolute atomic E-state index is 0.265. The van der Waals surface area contributed by atoms with Crippen LogP contribution < -0.4 is 0 Å². The van der Waals surface area contributed by atoms with Gasteiger partial charge in [0.25, 0.3) is 0 Å². The fraction of sp³-hybridized carbons (Fsp3) is 0.458. The number of aliphatic hydroxyl groups excluding tert-OH is 2. The molecular weight excluding hydrogens is 414 g/mol. The third-order valence-electron chi connectivity index (χ3n) is 6.19. The second kappa shape index (κ2) is 8.18. The Morgan fingerprint density at radius 3 is 2.81 bits per heavy atom. The second-order valence-electron chi connectivity index (χ2n) is 8.64. The molecule has 2 N–H and O–H groups in total. The minimum atomic E-state index is -2.00. The van der Waals surface area contributed by atoms with Crippen molar-refractivity contribution in [1.82, 2.24) is 4.90 Å². The molecule has 1 saturated heterocycles. The first-order chi connectivity index (χ1) is 15.2. The zero-order chi connectivity index (χ0) is 23.2. The first-order valence-corrected chi connectivity index (χ1v) is 10.7. The summed E-state index contributed by atoms with van der Waals surface area (Å²) in [5.74, 6) is -1.59. The minimum Gasteiger partial charge on any atom is -0.485 e. The molecule has 32 heavy (non-hydrogen) atoms. The molecule has 5 atom stereocenters. The van der Waals surface area contributed by atoms with Gasteiger partial charge in [0, 0.05) is 23.9 Å². The monoisotopic (exact) mass is 441 g/mol. The SMILES string of the molecule is C/C=C/C=C/C1=C2C3=CC(=O)[C@@](C)(OC(=O)C[C@@H](C)O)C(=O)C3=CN3CC[C@H](O)[C@H](O1)[C@H]23. The Kier molecular flexibility index (Phi) is 5.68. The molecule has 3 aliphatic heterocycles. The molecule has 0 bridgehead atoms. The third-order valence-corrected chi connectivity index (χ3v) is 6.19. The van der Waals surface area contributed by atoms with E-state index in [4.69, 9.17) is 9.47 Å². The molecule has 0 aromatic heterocycles. The van der Waals surface area contributed by atoms with Crippen LogP contribution in [-0.2, 0) is 23.9 Å². The van der Waals surface area contributed by atoms with Gasteiger partial charge in [-0.3, -0.25) is 14.4 Å². The molecule has 8 heteroatoms. The zero-order valence-electron chi connectivity index (χ0n) is 18.3. The van der Waals surface area contributed by atoms with Crippen molar-refractivity contribution in [2.24, 2.45) is 0 Å². The molecule has 1 aliphatic carbocycles. The first kappa shape index (κ1) is 22.2. The lowest BCUT2D eigenvalue weighted by atomic mass is 9.73. The zero-order valence-corrected chi connectivity index (χ0v) is 18.3. The molecular formula is C24H27NO7. The lowest BCUT2D eigenvalue weighted by molar-refractivity contribution is -0.170. The summed E-state index contributed by atoms with van der Waals surface area (Å²) < 4.78 is 11.4. The van der Waals surface area contributed by atoms with Gasteiger partial charge in [-0.2, -0.15) is 0 Å². The van der Waals surface area contributed by atoms with Crippen molar-refractivity contribution < 1.29 is 34.1 Å². The summed E-state index contributed by atoms with van der Waals surface area (Å²) in [5.41, 5.74) is -0.627. The van der Waals surface area contributed by atoms with Gasteiger partial charge >= 0.3 is 5.97 Å². The van der Waals surface area contributed by atoms with E-state index in [1.54, 1.807) is 18.4 Å². The average molecular weight is 441 g/mol. The number of esters is 1. The van der Waals surface area contributed by atoms with E-state index >= 15 is 0 Å². The quantitative estimate of drug-likeness (QED) is 0.372. The van der Waals surface area contributed by atoms with Crippen LogP contribution >= 0.6 is 0 Å². The standard InChI is InChI=1S/C24H27NO7/c1-4-5-6-7-17-20-14-11-18(28)24(3,32-19(29)10-13(2)26)23(30)15(14)12-25-9-8-16(27)22(31-17)21(20)25/h4-7,11-13,16,21-22,26-27H,8-10H2,1-3H3/b5-4+,7-6+/t13-,16+,21+,22+,24-/m1/s1. The van der Waals surface area contributed by atoms with E-state index < -0.39 is 41.4 Å². The number of Topliss-reactive ketones (excluding diaryl/α,β-unsaturated/α-hetero) is 1. The Morgan fingerprint density at radius 1 is 1.38 bits per heavy atom. The Morgan fingerprint density at radius 2 is 2.12 bits per heavy atom. The second-order valence-corrected chi connectivity index (χ2v) is 8.64. The Labute approximate surface area is 186 Å². The van der Waals surface area contributed by atoms with Crippen LogP contribution in [0.2, 0.25) is 0 Å². The lowest BCUT2D eigenvalue weighted by Crippen LogP contribution is -2.56. The molecule has 0 aromatic rings. The number of nitrogens with zero attached hydrogens (tertiary/aromatic N) is 1. The highest BCUT2D eigenvalue weighted by molar-refractivity contribution is 6.26. The number of rotatable bonds is 5. The molecule has 0 saturated carbocycles. The molecule has 0 amide bonds. The van der Waals surface area contributed by atoms with Crippen LogP contribution in [-0.4, -0.2) is 69.1 Å². The summed E-state index contributed by atoms with van der Waals surface area (Å²) in [5, 5.41) is 20.0. The van der Waals surface area contributed by atoms with Crippen LogP contribution in [0.4, 0.5) is 0 Å². The summed E-state index contributed by atoms with van der Waals surface area (Å²) in [6, 6.07) is -0.318. The number of piperidine rings is 1. The Hall–Kier alpha value is -2.97. The van der Waals surface area contributed by atoms with Gasteiger partial charge in [-0.05, 0) is 44.9 Å². The maximum atomic E-state index is 13.5. The molecule has 4 aliphatic rings. The predicted molar refractivity (Wildman–Crippen MR) is 114 cm³/mol. The summed E-state index contributed by atoms with van der Waals surface area (Å²) in [6.07, 6.45) is 8.26. The van der Waals surface area contributed by atoms with Crippen molar-refractivity contribution in [3.63, 3.8) is 0 Å². The highest BCUT2D eigenvalue weighted by Crippen LogP contribution is 2.47. The largest absolute Gasteiger partial charge is 0.485 e. The fourth-order valence-corrected chi connectivity index (χ4v) is 4.59. The van der Waals surface area contributed by atoms with Crippen molar-refractivity contribution in [1.29, 1.82) is 0 Å². The van der Waals surface area contributed by atoms with Crippen LogP contribution in [0.15, 0.2) is 59.1 Å². The van der Waals surface area contributed by atoms with E-state index in [9.17, 15) is 24.6 Å². The molecule has 8 nitrogen and oxygen atoms in total. The summed E-state index contributed by atoms with van der Waals surface area (Å²) in [4.78, 5) is 40.6. The maximum absolute atomic E-state index is 13.5. The number of aliphatic hydroxyl groups is 2. The smallest absolute Gasteiger partial charge is 0.309 e. The normalized spacial score (nSPS) is 32.5. The maximum Gasteiger partial charge on any atom is 0.309 e. The number of carbonyl (C=O) groups is 3. The van der Waals surface area contributed by atoms with Gasteiger partial charge in [0.15, 0.2) is 0 Å². The van der Waals surface area contributed by atoms with Crippen LogP contribution in [0.25, 0.3) is 0 Å². The van der Waals surface area contributed by atoms with E-state index in [1.165, 1.54) is 19.9 Å². The van der Waals surface area contributed by atoms with Crippen molar-refractivity contribution in [3.05, 3.63) is 59.1 Å². The van der Waals surface area contributed by atoms with Crippen molar-refractivity contribution in [2.45, 2.75) is 63.6 Å². The molecule has 0 unspecified atom stereocenters. The summed E-state index contributed by atoms with van der Waals surface area (Å²) in [6.45, 7) is 5.10. The molecule has 0 radical (unpaired) electrons. The number of fused-ring (bicyclic) bond motifs is 2. The van der Waals surface area contributed by atoms with Crippen molar-refractivity contribution in [2.75, 3.05) is 6.54 Å². The summed E-state index contributed by atoms with van der Waals surface area (Å²) >= 11 is 0. The van der Waals surface area contributed by atoms with Crippen LogP contribution in [0.3, 0.4) is 0 Å². The topological polar surface area (TPSA) is 113 Å². The highest BCUT2D eigenvalue weighted by atomic mass is 16.6. The predicted octanol–water partition coefficient (Wildman–Crippen LogP) is 1.26. The van der Waals surface area contributed by atoms with Gasteiger partial charge in [-0.15, -0.1) is 0 Å². The number of hydrogen-bond acceptors (Lipinski definition) is 8. The van der Waals surface area contributed by atoms with E-state index in [1.807, 2.05) is 24.0 Å². The van der Waals surface area contributed by atoms with Gasteiger partial charge in [0.1, 0.15) is 11.9 Å². The number of carbonyl (C=O) groups excluding carboxylic acids is 3. The van der Waals surface area contributed by atoms with E-state index in [2.05, 4.69) is 0 Å². The molecule has 4 rings (SSSR count). The average Bonchev–Trinajstić information content (AvgIpc) is 3.11. The third kappa shape index (κ3) is 3.53. The van der Waals surface area contributed by atoms with E-state index in [0.717, 1.165) is 0 Å². The molecule has 0 spiro atoms. The first-order valence-electron chi connectivity index (χ1n) is 10.7. The van der Waals surface area contributed by atoms with Gasteiger partial charge in [0.05, 0.1) is 24.7 Å². The highest BCUT2D eigenvalue weighted by Gasteiger charge is 2.55. The molecule has 170 valence electrons. The van der Waals surface area contributed by atoms with Gasteiger partial charge in [-0.25, -0.2) is 0 Å². The lowest BCUT2D eigenvalue weighted by Gasteiger charge is -2.44. The van der Waals surface area contributed by atoms with Crippen LogP contribution in [0.5, 0.6) is 0 Å². The summed E-state index contributed by atoms with van der Waals surface area (Å²) in [7, 11) is 0. The molecule has 1 fully saturated rings. The van der Waals surface area contributed by atoms with Crippen molar-refractivity contribution >= 4 is 17.5 Å². The van der Waals surface area contributed by atoms with Crippen LogP contribution in [0.1, 0.15) is 33.6 Å². The molecule has 3 heterocycles. The fourth-order valence-electron chi connectivity index (χ4n) is 4.59. The van der Waals surface area contributed by atoms with E-state index in [0.29, 0.717) is 29.9 Å². The van der Waals surface area contributed by atoms with Crippen LogP contribution in [0, 0.1) is 0 Å². The van der Waals surface area contributed by atoms with Gasteiger partial charge < -0.3 is 24.6 Å². The number of hydrogen-bond donors (Lipinski definition) is 2. The van der Waals surface area contributed by atoms with Gasteiger partial charge in [0.2, 0.25) is 17.2 Å². The molecule has 0 aromatic carbocycles. The number of ether oxygens (including phenoxy) is 2. The van der Waals surface area contributed by atoms with Gasteiger partial charge in [-0.1, -0.05) is 18.2 Å².